The van der Waals surface area contributed by atoms with Gasteiger partial charge in [0, 0.05) is 0 Å². The Morgan fingerprint density at radius 1 is 1.11 bits per heavy atom. The number of aliphatic hydroxyl groups excluding tert-OH is 1. The van der Waals surface area contributed by atoms with Crippen LogP contribution >= 0.6 is 0 Å². The lowest BCUT2D eigenvalue weighted by molar-refractivity contribution is -0.00152. The molecule has 1 aliphatic heterocycles. The third-order valence-corrected chi connectivity index (χ3v) is 4.29. The number of nitrogens with zero attached hydrogens (tertiary/aromatic N) is 1. The van der Waals surface area contributed by atoms with Crippen molar-refractivity contribution in [2.24, 2.45) is 5.92 Å². The molecule has 1 N–H and O–H groups in total. The zero-order valence-electron chi connectivity index (χ0n) is 10.9. The van der Waals surface area contributed by atoms with Gasteiger partial charge in [0.25, 0.3) is 11.8 Å². The van der Waals surface area contributed by atoms with Crippen LogP contribution in [0, 0.1) is 5.92 Å². The van der Waals surface area contributed by atoms with Crippen molar-refractivity contribution in [3.05, 3.63) is 35.4 Å². The van der Waals surface area contributed by atoms with Crippen molar-refractivity contribution in [2.75, 3.05) is 0 Å². The molecule has 1 aromatic carbocycles. The van der Waals surface area contributed by atoms with Crippen LogP contribution in [0.3, 0.4) is 0 Å². The van der Waals surface area contributed by atoms with Gasteiger partial charge in [-0.05, 0) is 30.9 Å². The summed E-state index contributed by atoms with van der Waals surface area (Å²) in [6.07, 6.45) is 1.96. The number of hydrogen-bond acceptors (Lipinski definition) is 3. The van der Waals surface area contributed by atoms with Gasteiger partial charge < -0.3 is 5.11 Å². The minimum atomic E-state index is -0.615. The monoisotopic (exact) mass is 259 g/mol. The van der Waals surface area contributed by atoms with Crippen LogP contribution in [0.5, 0.6) is 0 Å². The average Bonchev–Trinajstić information content (AvgIpc) is 2.67. The Labute approximate surface area is 112 Å². The Balaban J connectivity index is 1.95. The van der Waals surface area contributed by atoms with Crippen molar-refractivity contribution >= 4 is 11.8 Å². The molecule has 0 saturated heterocycles. The Hall–Kier alpha value is -1.68. The predicted octanol–water partition coefficient (Wildman–Crippen LogP) is 1.83. The highest BCUT2D eigenvalue weighted by Crippen LogP contribution is 2.33. The summed E-state index contributed by atoms with van der Waals surface area (Å²) in [7, 11) is 0. The number of carbonyl (C=O) groups excluding carboxylic acids is 2. The molecule has 0 spiro atoms. The lowest BCUT2D eigenvalue weighted by Crippen LogP contribution is -2.50. The fourth-order valence-corrected chi connectivity index (χ4v) is 3.16. The van der Waals surface area contributed by atoms with Crippen molar-refractivity contribution in [1.29, 1.82) is 0 Å². The first-order chi connectivity index (χ1) is 9.11. The minimum Gasteiger partial charge on any atom is -0.391 e. The third-order valence-electron chi connectivity index (χ3n) is 4.29. The summed E-state index contributed by atoms with van der Waals surface area (Å²) in [5, 5.41) is 10.3. The average molecular weight is 259 g/mol. The highest BCUT2D eigenvalue weighted by molar-refractivity contribution is 6.21. The second-order valence-corrected chi connectivity index (χ2v) is 5.49. The van der Waals surface area contributed by atoms with Crippen LogP contribution in [-0.4, -0.2) is 34.0 Å². The minimum absolute atomic E-state index is 0.128. The summed E-state index contributed by atoms with van der Waals surface area (Å²) < 4.78 is 0. The molecule has 1 fully saturated rings. The van der Waals surface area contributed by atoms with Gasteiger partial charge in [0.1, 0.15) is 0 Å². The summed E-state index contributed by atoms with van der Waals surface area (Å²) in [4.78, 5) is 26.0. The van der Waals surface area contributed by atoms with E-state index < -0.39 is 6.10 Å². The van der Waals surface area contributed by atoms with Crippen LogP contribution in [0.15, 0.2) is 24.3 Å². The Bertz CT molecular complexity index is 505. The molecule has 19 heavy (non-hydrogen) atoms. The van der Waals surface area contributed by atoms with Crippen molar-refractivity contribution < 1.29 is 14.7 Å². The van der Waals surface area contributed by atoms with E-state index in [1.165, 1.54) is 4.90 Å². The van der Waals surface area contributed by atoms with Gasteiger partial charge in [0.2, 0.25) is 0 Å². The molecule has 2 aliphatic rings. The largest absolute Gasteiger partial charge is 0.391 e. The molecule has 0 bridgehead atoms. The molecule has 3 atom stereocenters. The molecular weight excluding hydrogens is 242 g/mol. The van der Waals surface area contributed by atoms with Crippen molar-refractivity contribution in [3.8, 4) is 0 Å². The maximum atomic E-state index is 12.4. The summed E-state index contributed by atoms with van der Waals surface area (Å²) in [5.74, 6) is -0.402. The van der Waals surface area contributed by atoms with E-state index in [2.05, 4.69) is 0 Å². The first kappa shape index (κ1) is 12.4. The van der Waals surface area contributed by atoms with Crippen LogP contribution in [0.4, 0.5) is 0 Å². The molecular formula is C15H17NO3. The van der Waals surface area contributed by atoms with Crippen LogP contribution in [0.1, 0.15) is 46.9 Å². The normalized spacial score (nSPS) is 30.6. The van der Waals surface area contributed by atoms with Crippen LogP contribution < -0.4 is 0 Å². The zero-order chi connectivity index (χ0) is 13.6. The van der Waals surface area contributed by atoms with E-state index in [9.17, 15) is 14.7 Å². The van der Waals surface area contributed by atoms with E-state index in [0.717, 1.165) is 12.8 Å². The van der Waals surface area contributed by atoms with Gasteiger partial charge in [-0.15, -0.1) is 0 Å². The summed E-state index contributed by atoms with van der Waals surface area (Å²) >= 11 is 0. The zero-order valence-corrected chi connectivity index (χ0v) is 10.9. The fraction of sp³-hybridized carbons (Fsp3) is 0.467. The molecule has 4 heteroatoms. The van der Waals surface area contributed by atoms with E-state index in [4.69, 9.17) is 0 Å². The molecule has 1 saturated carbocycles. The predicted molar refractivity (Wildman–Crippen MR) is 69.8 cm³/mol. The Morgan fingerprint density at radius 3 is 2.26 bits per heavy atom. The molecule has 1 aliphatic carbocycles. The lowest BCUT2D eigenvalue weighted by atomic mass is 9.83. The van der Waals surface area contributed by atoms with E-state index in [1.54, 1.807) is 24.3 Å². The number of carbonyl (C=O) groups is 2. The first-order valence-corrected chi connectivity index (χ1v) is 6.76. The fourth-order valence-electron chi connectivity index (χ4n) is 3.16. The second kappa shape index (κ2) is 4.46. The van der Waals surface area contributed by atoms with Gasteiger partial charge in [0.05, 0.1) is 23.3 Å². The molecule has 4 nitrogen and oxygen atoms in total. The molecule has 0 aromatic heterocycles. The third kappa shape index (κ3) is 1.78. The molecule has 3 rings (SSSR count). The van der Waals surface area contributed by atoms with Crippen LogP contribution in [0.25, 0.3) is 0 Å². The van der Waals surface area contributed by atoms with E-state index >= 15 is 0 Å². The number of benzene rings is 1. The quantitative estimate of drug-likeness (QED) is 0.783. The van der Waals surface area contributed by atoms with Gasteiger partial charge in [-0.2, -0.15) is 0 Å². The van der Waals surface area contributed by atoms with Crippen LogP contribution in [-0.2, 0) is 0 Å². The number of hydrogen-bond donors (Lipinski definition) is 1. The molecule has 1 aromatic rings. The number of fused-ring (bicyclic) bond motifs is 1. The van der Waals surface area contributed by atoms with Crippen molar-refractivity contribution in [2.45, 2.75) is 38.3 Å². The SMILES string of the molecule is C[C@@H]1CCC[C@@H](N2C(=O)c3ccccc3C2=O)[C@@H]1O. The van der Waals surface area contributed by atoms with E-state index in [-0.39, 0.29) is 23.8 Å². The summed E-state index contributed by atoms with van der Waals surface area (Å²) in [6, 6.07) is 6.49. The van der Waals surface area contributed by atoms with Crippen LogP contribution in [0.2, 0.25) is 0 Å². The highest BCUT2D eigenvalue weighted by atomic mass is 16.3. The Morgan fingerprint density at radius 2 is 1.68 bits per heavy atom. The number of rotatable bonds is 1. The smallest absolute Gasteiger partial charge is 0.261 e. The van der Waals surface area contributed by atoms with Crippen molar-refractivity contribution in [1.82, 2.24) is 4.90 Å². The number of imide groups is 1. The van der Waals surface area contributed by atoms with Gasteiger partial charge in [-0.3, -0.25) is 14.5 Å². The van der Waals surface area contributed by atoms with Gasteiger partial charge in [-0.25, -0.2) is 0 Å². The summed E-state index contributed by atoms with van der Waals surface area (Å²) in [5.41, 5.74) is 0.913. The first-order valence-electron chi connectivity index (χ1n) is 6.76. The second-order valence-electron chi connectivity index (χ2n) is 5.49. The van der Waals surface area contributed by atoms with Gasteiger partial charge in [0.15, 0.2) is 0 Å². The van der Waals surface area contributed by atoms with Crippen molar-refractivity contribution in [3.63, 3.8) is 0 Å². The molecule has 0 unspecified atom stereocenters. The maximum Gasteiger partial charge on any atom is 0.261 e. The number of amides is 2. The van der Waals surface area contributed by atoms with E-state index in [1.807, 2.05) is 6.92 Å². The molecule has 0 radical (unpaired) electrons. The number of aliphatic hydroxyl groups is 1. The lowest BCUT2D eigenvalue weighted by Gasteiger charge is -2.37. The maximum absolute atomic E-state index is 12.4. The highest BCUT2D eigenvalue weighted by Gasteiger charge is 2.44. The Kier molecular flexibility index (Phi) is 2.90. The van der Waals surface area contributed by atoms with Gasteiger partial charge >= 0.3 is 0 Å². The van der Waals surface area contributed by atoms with E-state index in [0.29, 0.717) is 17.5 Å². The standard InChI is InChI=1S/C15H17NO3/c1-9-5-4-8-12(13(9)17)16-14(18)10-6-2-3-7-11(10)15(16)19/h2-3,6-7,9,12-13,17H,4-5,8H2,1H3/t9-,12-,13-/m1/s1. The topological polar surface area (TPSA) is 57.6 Å². The molecule has 100 valence electrons. The molecule has 2 amide bonds. The summed E-state index contributed by atoms with van der Waals surface area (Å²) in [6.45, 7) is 1.97. The van der Waals surface area contributed by atoms with Gasteiger partial charge in [-0.1, -0.05) is 25.5 Å². The molecule has 1 heterocycles.